The zero-order valence-electron chi connectivity index (χ0n) is 19.7. The van der Waals surface area contributed by atoms with Crippen LogP contribution in [0.2, 0.25) is 0 Å². The van der Waals surface area contributed by atoms with Crippen LogP contribution in [0, 0.1) is 11.2 Å². The topological polar surface area (TPSA) is 208 Å². The van der Waals surface area contributed by atoms with E-state index in [-0.39, 0.29) is 47.8 Å². The van der Waals surface area contributed by atoms with Crippen molar-refractivity contribution in [1.82, 2.24) is 4.90 Å². The highest BCUT2D eigenvalue weighted by Gasteiger charge is 2.38. The molecular formula is C22H21F4N3O9S. The summed E-state index contributed by atoms with van der Waals surface area (Å²) in [7, 11) is 0. The van der Waals surface area contributed by atoms with Crippen LogP contribution in [0.15, 0.2) is 30.3 Å². The number of ether oxygens (including phenoxy) is 1. The molecule has 212 valence electrons. The van der Waals surface area contributed by atoms with Crippen molar-refractivity contribution in [2.45, 2.75) is 25.4 Å². The number of rotatable bonds is 11. The fourth-order valence-corrected chi connectivity index (χ4v) is 3.48. The number of aliphatic carboxylic acids is 3. The zero-order chi connectivity index (χ0) is 29.9. The van der Waals surface area contributed by atoms with E-state index in [1.807, 2.05) is 0 Å². The number of carbonyl (C=O) groups is 5. The van der Waals surface area contributed by atoms with Crippen LogP contribution in [-0.4, -0.2) is 75.1 Å². The number of halogens is 4. The van der Waals surface area contributed by atoms with E-state index in [1.165, 1.54) is 18.2 Å². The van der Waals surface area contributed by atoms with E-state index in [2.05, 4.69) is 0 Å². The van der Waals surface area contributed by atoms with E-state index in [0.29, 0.717) is 4.88 Å². The van der Waals surface area contributed by atoms with Crippen molar-refractivity contribution in [3.8, 4) is 5.75 Å². The Kier molecular flexibility index (Phi) is 12.0. The number of alkyl halides is 3. The molecule has 0 aliphatic carbocycles. The third-order valence-electron chi connectivity index (χ3n) is 4.41. The number of benzene rings is 1. The lowest BCUT2D eigenvalue weighted by molar-refractivity contribution is -0.192. The van der Waals surface area contributed by atoms with Gasteiger partial charge in [0.15, 0.2) is 11.6 Å². The van der Waals surface area contributed by atoms with E-state index in [0.717, 1.165) is 22.3 Å². The van der Waals surface area contributed by atoms with Crippen molar-refractivity contribution in [3.63, 3.8) is 0 Å². The Morgan fingerprint density at radius 1 is 1.00 bits per heavy atom. The van der Waals surface area contributed by atoms with Crippen LogP contribution >= 0.6 is 11.3 Å². The lowest BCUT2D eigenvalue weighted by atomic mass is 10.2. The average Bonchev–Trinajstić information content (AvgIpc) is 3.30. The second-order valence-corrected chi connectivity index (χ2v) is 8.54. The largest absolute Gasteiger partial charge is 0.490 e. The van der Waals surface area contributed by atoms with Gasteiger partial charge >= 0.3 is 30.1 Å². The number of amidine groups is 1. The van der Waals surface area contributed by atoms with E-state index < -0.39 is 48.3 Å². The third kappa shape index (κ3) is 11.6. The average molecular weight is 579 g/mol. The molecule has 1 aromatic carbocycles. The maximum absolute atomic E-state index is 14.0. The highest BCUT2D eigenvalue weighted by molar-refractivity contribution is 7.13. The monoisotopic (exact) mass is 579 g/mol. The molecule has 12 nitrogen and oxygen atoms in total. The van der Waals surface area contributed by atoms with E-state index >= 15 is 0 Å². The molecule has 0 saturated heterocycles. The minimum Gasteiger partial charge on any atom is -0.481 e. The van der Waals surface area contributed by atoms with Crippen LogP contribution in [0.1, 0.15) is 33.0 Å². The molecular weight excluding hydrogens is 558 g/mol. The second-order valence-electron chi connectivity index (χ2n) is 7.37. The Balaban J connectivity index is 0.000000956. The molecule has 0 fully saturated rings. The molecule has 0 saturated carbocycles. The summed E-state index contributed by atoms with van der Waals surface area (Å²) in [6, 6.07) is 6.54. The molecule has 2 aromatic rings. The Labute approximate surface area is 220 Å². The van der Waals surface area contributed by atoms with Gasteiger partial charge in [-0.2, -0.15) is 13.2 Å². The Hall–Kier alpha value is -4.54. The van der Waals surface area contributed by atoms with Crippen molar-refractivity contribution in [1.29, 1.82) is 5.41 Å². The van der Waals surface area contributed by atoms with E-state index in [9.17, 15) is 36.7 Å². The molecule has 0 atom stereocenters. The van der Waals surface area contributed by atoms with E-state index in [1.54, 1.807) is 6.07 Å². The quantitative estimate of drug-likeness (QED) is 0.0863. The van der Waals surface area contributed by atoms with Gasteiger partial charge in [-0.05, 0) is 36.8 Å². The molecule has 0 aliphatic rings. The number of carboxylic acids is 3. The van der Waals surface area contributed by atoms with Crippen LogP contribution in [-0.2, 0) is 25.6 Å². The van der Waals surface area contributed by atoms with Gasteiger partial charge < -0.3 is 30.7 Å². The number of carbonyl (C=O) groups excluding carboxylic acids is 2. The standard InChI is InChI=1S/C20H20FN3O7S.C2HF3O2/c21-13-9-11(19(22)23)1-4-14(13)31-20(30)15-5-2-12(32-15)3-6-16(25)24(10-18(28)29)8-7-17(26)27;3-2(4,5)1(6)7/h1-2,4-5,9H,3,6-8,10H2,(H3,22,23)(H,26,27)(H,28,29);(H,6,7). The Morgan fingerprint density at radius 2 is 1.62 bits per heavy atom. The number of nitrogen functional groups attached to an aromatic ring is 1. The number of nitrogens with zero attached hydrogens (tertiary/aromatic N) is 1. The molecule has 1 heterocycles. The fraction of sp³-hybridized carbons (Fsp3) is 0.273. The lowest BCUT2D eigenvalue weighted by Crippen LogP contribution is -2.37. The summed E-state index contributed by atoms with van der Waals surface area (Å²) in [5.41, 5.74) is 5.42. The maximum Gasteiger partial charge on any atom is 0.490 e. The van der Waals surface area contributed by atoms with Gasteiger partial charge in [0.25, 0.3) is 0 Å². The molecule has 1 aromatic heterocycles. The number of carboxylic acid groups (broad SMARTS) is 3. The predicted molar refractivity (Wildman–Crippen MR) is 125 cm³/mol. The first kappa shape index (κ1) is 32.5. The molecule has 0 aliphatic heterocycles. The van der Waals surface area contributed by atoms with Gasteiger partial charge in [-0.3, -0.25) is 19.8 Å². The van der Waals surface area contributed by atoms with Crippen molar-refractivity contribution in [2.75, 3.05) is 13.1 Å². The van der Waals surface area contributed by atoms with Crippen LogP contribution < -0.4 is 10.5 Å². The highest BCUT2D eigenvalue weighted by atomic mass is 32.1. The Bertz CT molecular complexity index is 1250. The molecule has 17 heteroatoms. The molecule has 0 unspecified atom stereocenters. The van der Waals surface area contributed by atoms with Crippen molar-refractivity contribution < 1.29 is 61.6 Å². The Morgan fingerprint density at radius 3 is 2.10 bits per heavy atom. The summed E-state index contributed by atoms with van der Waals surface area (Å²) in [4.78, 5) is 56.8. The summed E-state index contributed by atoms with van der Waals surface area (Å²) in [6.07, 6.45) is -5.34. The van der Waals surface area contributed by atoms with Crippen molar-refractivity contribution in [3.05, 3.63) is 51.5 Å². The first-order valence-corrected chi connectivity index (χ1v) is 11.3. The minimum atomic E-state index is -5.08. The summed E-state index contributed by atoms with van der Waals surface area (Å²) in [5.74, 6) is -8.01. The highest BCUT2D eigenvalue weighted by Crippen LogP contribution is 2.23. The predicted octanol–water partition coefficient (Wildman–Crippen LogP) is 2.34. The number of esters is 1. The van der Waals surface area contributed by atoms with Crippen molar-refractivity contribution >= 4 is 47.0 Å². The molecule has 0 spiro atoms. The fourth-order valence-electron chi connectivity index (χ4n) is 2.60. The number of nitrogens with two attached hydrogens (primary N) is 1. The minimum absolute atomic E-state index is 0.0803. The van der Waals surface area contributed by atoms with Gasteiger partial charge in [0.05, 0.1) is 6.42 Å². The number of thiophene rings is 1. The van der Waals surface area contributed by atoms with Crippen LogP contribution in [0.5, 0.6) is 5.75 Å². The van der Waals surface area contributed by atoms with Crippen LogP contribution in [0.3, 0.4) is 0 Å². The van der Waals surface area contributed by atoms with Gasteiger partial charge in [0.1, 0.15) is 17.3 Å². The summed E-state index contributed by atoms with van der Waals surface area (Å²) < 4.78 is 50.8. The van der Waals surface area contributed by atoms with Gasteiger partial charge in [0, 0.05) is 23.4 Å². The molecule has 39 heavy (non-hydrogen) atoms. The molecule has 0 bridgehead atoms. The first-order valence-electron chi connectivity index (χ1n) is 10.5. The normalized spacial score (nSPS) is 10.6. The van der Waals surface area contributed by atoms with Crippen molar-refractivity contribution in [2.24, 2.45) is 5.73 Å². The molecule has 1 amide bonds. The molecule has 0 radical (unpaired) electrons. The van der Waals surface area contributed by atoms with Crippen LogP contribution in [0.25, 0.3) is 0 Å². The van der Waals surface area contributed by atoms with Gasteiger partial charge in [-0.15, -0.1) is 11.3 Å². The summed E-state index contributed by atoms with van der Waals surface area (Å²) in [5, 5.41) is 32.0. The second kappa shape index (κ2) is 14.4. The number of aryl methyl sites for hydroxylation is 1. The molecule has 6 N–H and O–H groups in total. The lowest BCUT2D eigenvalue weighted by Gasteiger charge is -2.19. The summed E-state index contributed by atoms with van der Waals surface area (Å²) >= 11 is 1.03. The van der Waals surface area contributed by atoms with Gasteiger partial charge in [0.2, 0.25) is 5.91 Å². The number of amides is 1. The third-order valence-corrected chi connectivity index (χ3v) is 5.54. The van der Waals surface area contributed by atoms with Gasteiger partial charge in [-0.1, -0.05) is 0 Å². The van der Waals surface area contributed by atoms with Crippen LogP contribution in [0.4, 0.5) is 17.6 Å². The number of hydrogen-bond donors (Lipinski definition) is 5. The van der Waals surface area contributed by atoms with Gasteiger partial charge in [-0.25, -0.2) is 14.0 Å². The maximum atomic E-state index is 14.0. The zero-order valence-corrected chi connectivity index (χ0v) is 20.5. The number of hydrogen-bond acceptors (Lipinski definition) is 8. The smallest absolute Gasteiger partial charge is 0.481 e. The number of nitrogens with one attached hydrogen (secondary N) is 1. The summed E-state index contributed by atoms with van der Waals surface area (Å²) in [6.45, 7) is -0.835. The van der Waals surface area contributed by atoms with E-state index in [4.69, 9.17) is 36.0 Å². The molecule has 2 rings (SSSR count). The SMILES string of the molecule is N=C(N)c1ccc(OC(=O)c2ccc(CCC(=O)N(CCC(=O)O)CC(=O)O)s2)c(F)c1.O=C(O)C(F)(F)F. The first-order chi connectivity index (χ1) is 18.0.